The highest BCUT2D eigenvalue weighted by molar-refractivity contribution is 7.17. The first kappa shape index (κ1) is 19.6. The maximum Gasteiger partial charge on any atom is 0.261 e. The maximum atomic E-state index is 14.0. The first-order valence-electron chi connectivity index (χ1n) is 9.99. The van der Waals surface area contributed by atoms with Gasteiger partial charge in [0.1, 0.15) is 5.82 Å². The summed E-state index contributed by atoms with van der Waals surface area (Å²) in [5, 5.41) is 2.73. The van der Waals surface area contributed by atoms with Crippen LogP contribution in [0.25, 0.3) is 0 Å². The highest BCUT2D eigenvalue weighted by atomic mass is 35.5. The summed E-state index contributed by atoms with van der Waals surface area (Å²) in [6.45, 7) is 0.794. The molecule has 1 N–H and O–H groups in total. The Bertz CT molecular complexity index is 1050. The lowest BCUT2D eigenvalue weighted by Crippen LogP contribution is -2.43. The van der Waals surface area contributed by atoms with Crippen molar-refractivity contribution in [2.75, 3.05) is 11.9 Å². The first-order chi connectivity index (χ1) is 14.4. The summed E-state index contributed by atoms with van der Waals surface area (Å²) >= 11 is 7.00. The summed E-state index contributed by atoms with van der Waals surface area (Å²) in [4.78, 5) is 44.9. The Morgan fingerprint density at radius 3 is 2.80 bits per heavy atom. The smallest absolute Gasteiger partial charge is 0.261 e. The molecule has 2 aliphatic carbocycles. The van der Waals surface area contributed by atoms with Gasteiger partial charge in [0.25, 0.3) is 5.91 Å². The van der Waals surface area contributed by atoms with E-state index in [1.807, 2.05) is 4.90 Å². The minimum absolute atomic E-state index is 0.00420. The summed E-state index contributed by atoms with van der Waals surface area (Å²) in [6.07, 6.45) is 3.84. The lowest BCUT2D eigenvalue weighted by Gasteiger charge is -2.31. The van der Waals surface area contributed by atoms with Gasteiger partial charge in [-0.3, -0.25) is 19.7 Å². The summed E-state index contributed by atoms with van der Waals surface area (Å²) in [5.74, 6) is -1.37. The monoisotopic (exact) mass is 447 g/mol. The van der Waals surface area contributed by atoms with Gasteiger partial charge in [-0.15, -0.1) is 0 Å². The zero-order chi connectivity index (χ0) is 21.0. The number of fused-ring (bicyclic) bond motifs is 3. The molecule has 156 valence electrons. The highest BCUT2D eigenvalue weighted by Crippen LogP contribution is 2.40. The second-order valence-electron chi connectivity index (χ2n) is 8.20. The second-order valence-corrected chi connectivity index (χ2v) is 9.60. The molecule has 30 heavy (non-hydrogen) atoms. The molecule has 2 aromatic rings. The number of hydrogen-bond acceptors (Lipinski definition) is 5. The molecule has 0 unspecified atom stereocenters. The number of piperidine rings is 1. The average molecular weight is 448 g/mol. The zero-order valence-corrected chi connectivity index (χ0v) is 17.6. The van der Waals surface area contributed by atoms with Crippen molar-refractivity contribution >= 4 is 45.7 Å². The van der Waals surface area contributed by atoms with Crippen molar-refractivity contribution in [2.45, 2.75) is 38.1 Å². The Labute approximate surface area is 181 Å². The maximum absolute atomic E-state index is 14.0. The second kappa shape index (κ2) is 7.42. The summed E-state index contributed by atoms with van der Waals surface area (Å²) in [7, 11) is 0. The SMILES string of the molecule is O=C1C[C@@H](C(=O)N2C[C@@H]3CC[C@@H]2C3)Cc2nc(NC(=O)c3c(F)cccc3Cl)sc21. The van der Waals surface area contributed by atoms with Crippen molar-refractivity contribution in [3.8, 4) is 0 Å². The number of nitrogens with one attached hydrogen (secondary N) is 1. The zero-order valence-electron chi connectivity index (χ0n) is 16.0. The molecule has 5 rings (SSSR count). The fraction of sp³-hybridized carbons (Fsp3) is 0.429. The average Bonchev–Trinajstić information content (AvgIpc) is 3.42. The van der Waals surface area contributed by atoms with Crippen LogP contribution in [0.1, 0.15) is 51.4 Å². The number of rotatable bonds is 3. The number of carbonyl (C=O) groups is 3. The Hall–Kier alpha value is -2.32. The molecular weight excluding hydrogens is 429 g/mol. The van der Waals surface area contributed by atoms with Gasteiger partial charge >= 0.3 is 0 Å². The van der Waals surface area contributed by atoms with Gasteiger partial charge in [-0.2, -0.15) is 0 Å². The van der Waals surface area contributed by atoms with Crippen molar-refractivity contribution in [2.24, 2.45) is 11.8 Å². The first-order valence-corrected chi connectivity index (χ1v) is 11.2. The summed E-state index contributed by atoms with van der Waals surface area (Å²) < 4.78 is 14.0. The standard InChI is InChI=1S/C21H19ClFN3O3S/c22-13-2-1-3-14(23)17(13)19(28)25-21-24-15-7-11(8-16(27)18(15)30-21)20(29)26-9-10-4-5-12(26)6-10/h1-3,10-12H,4-9H2,(H,24,25,28)/t10-,11+,12-/m1/s1. The molecule has 0 spiro atoms. The molecule has 9 heteroatoms. The Morgan fingerprint density at radius 2 is 2.10 bits per heavy atom. The largest absolute Gasteiger partial charge is 0.339 e. The molecule has 2 bridgehead atoms. The molecule has 2 amide bonds. The lowest BCUT2D eigenvalue weighted by atomic mass is 9.88. The van der Waals surface area contributed by atoms with Gasteiger partial charge in [0.15, 0.2) is 10.9 Å². The van der Waals surface area contributed by atoms with Gasteiger partial charge in [-0.05, 0) is 37.3 Å². The van der Waals surface area contributed by atoms with E-state index in [0.29, 0.717) is 29.0 Å². The van der Waals surface area contributed by atoms with Gasteiger partial charge in [-0.25, -0.2) is 9.37 Å². The van der Waals surface area contributed by atoms with Crippen LogP contribution >= 0.6 is 22.9 Å². The Balaban J connectivity index is 1.33. The predicted molar refractivity (Wildman–Crippen MR) is 110 cm³/mol. The van der Waals surface area contributed by atoms with Gasteiger partial charge in [0.05, 0.1) is 27.1 Å². The lowest BCUT2D eigenvalue weighted by molar-refractivity contribution is -0.137. The number of Topliss-reactive ketones (excluding diaryl/α,β-unsaturated/α-hetero) is 1. The molecule has 1 saturated heterocycles. The van der Waals surface area contributed by atoms with E-state index in [4.69, 9.17) is 11.6 Å². The fourth-order valence-electron chi connectivity index (χ4n) is 4.86. The van der Waals surface area contributed by atoms with E-state index in [9.17, 15) is 18.8 Å². The van der Waals surface area contributed by atoms with Crippen LogP contribution in [0.5, 0.6) is 0 Å². The van der Waals surface area contributed by atoms with Crippen LogP contribution < -0.4 is 5.32 Å². The molecule has 1 saturated carbocycles. The Morgan fingerprint density at radius 1 is 1.27 bits per heavy atom. The minimum atomic E-state index is -0.733. The molecule has 3 atom stereocenters. The van der Waals surface area contributed by atoms with E-state index in [1.54, 1.807) is 0 Å². The van der Waals surface area contributed by atoms with Crippen LogP contribution in [0, 0.1) is 17.7 Å². The third-order valence-electron chi connectivity index (χ3n) is 6.27. The molecule has 1 aromatic heterocycles. The number of thiazole rings is 1. The van der Waals surface area contributed by atoms with Crippen LogP contribution in [0.15, 0.2) is 18.2 Å². The predicted octanol–water partition coefficient (Wildman–Crippen LogP) is 3.94. The third kappa shape index (κ3) is 3.32. The molecular formula is C21H19ClFN3O3S. The highest BCUT2D eigenvalue weighted by Gasteiger charge is 2.44. The quantitative estimate of drug-likeness (QED) is 0.772. The normalized spacial score (nSPS) is 24.8. The number of likely N-dealkylation sites (tertiary alicyclic amines) is 1. The van der Waals surface area contributed by atoms with Crippen LogP contribution in [0.4, 0.5) is 9.52 Å². The number of benzene rings is 1. The number of aromatic nitrogens is 1. The van der Waals surface area contributed by atoms with Crippen LogP contribution in [0.2, 0.25) is 5.02 Å². The summed E-state index contributed by atoms with van der Waals surface area (Å²) in [5.41, 5.74) is 0.254. The van der Waals surface area contributed by atoms with Gasteiger partial charge in [-0.1, -0.05) is 29.0 Å². The van der Waals surface area contributed by atoms with Crippen molar-refractivity contribution in [1.29, 1.82) is 0 Å². The number of anilines is 1. The molecule has 3 aliphatic rings. The van der Waals surface area contributed by atoms with Crippen molar-refractivity contribution in [1.82, 2.24) is 9.88 Å². The third-order valence-corrected chi connectivity index (χ3v) is 7.64. The molecule has 1 aliphatic heterocycles. The van der Waals surface area contributed by atoms with Crippen LogP contribution in [-0.4, -0.2) is 40.1 Å². The van der Waals surface area contributed by atoms with E-state index >= 15 is 0 Å². The van der Waals surface area contributed by atoms with Crippen LogP contribution in [0.3, 0.4) is 0 Å². The topological polar surface area (TPSA) is 79.4 Å². The number of hydrogen-bond donors (Lipinski definition) is 1. The number of carbonyl (C=O) groups excluding carboxylic acids is 3. The van der Waals surface area contributed by atoms with Crippen molar-refractivity contribution in [3.05, 3.63) is 45.2 Å². The molecule has 2 fully saturated rings. The fourth-order valence-corrected chi connectivity index (χ4v) is 6.05. The number of nitrogens with zero attached hydrogens (tertiary/aromatic N) is 2. The van der Waals surface area contributed by atoms with Crippen molar-refractivity contribution < 1.29 is 18.8 Å². The number of amides is 2. The van der Waals surface area contributed by atoms with Gasteiger partial charge in [0, 0.05) is 25.4 Å². The minimum Gasteiger partial charge on any atom is -0.339 e. The Kier molecular flexibility index (Phi) is 4.86. The van der Waals surface area contributed by atoms with E-state index in [-0.39, 0.29) is 33.8 Å². The number of ketones is 1. The van der Waals surface area contributed by atoms with Crippen molar-refractivity contribution in [3.63, 3.8) is 0 Å². The molecule has 6 nitrogen and oxygen atoms in total. The molecule has 2 heterocycles. The van der Waals surface area contributed by atoms with E-state index in [2.05, 4.69) is 10.3 Å². The van der Waals surface area contributed by atoms with E-state index < -0.39 is 17.6 Å². The summed E-state index contributed by atoms with van der Waals surface area (Å²) in [6, 6.07) is 4.31. The molecule has 0 radical (unpaired) electrons. The van der Waals surface area contributed by atoms with E-state index in [0.717, 1.165) is 36.8 Å². The van der Waals surface area contributed by atoms with Crippen LogP contribution in [-0.2, 0) is 11.2 Å². The number of halogens is 2. The van der Waals surface area contributed by atoms with Gasteiger partial charge < -0.3 is 4.90 Å². The van der Waals surface area contributed by atoms with E-state index in [1.165, 1.54) is 18.6 Å². The van der Waals surface area contributed by atoms with Gasteiger partial charge in [0.2, 0.25) is 5.91 Å². The molecule has 1 aromatic carbocycles.